The van der Waals surface area contributed by atoms with Crippen LogP contribution in [0.25, 0.3) is 0 Å². The zero-order valence-electron chi connectivity index (χ0n) is 14.8. The Morgan fingerprint density at radius 1 is 1.04 bits per heavy atom. The van der Waals surface area contributed by atoms with Crippen LogP contribution in [0.15, 0.2) is 36.5 Å². The number of aromatic nitrogens is 2. The van der Waals surface area contributed by atoms with Gasteiger partial charge in [0.15, 0.2) is 0 Å². The smallest absolute Gasteiger partial charge is 0.337 e. The molecule has 0 atom stereocenters. The van der Waals surface area contributed by atoms with E-state index in [0.717, 1.165) is 31.6 Å². The van der Waals surface area contributed by atoms with Crippen LogP contribution in [0.5, 0.6) is 0 Å². The van der Waals surface area contributed by atoms with Crippen molar-refractivity contribution < 1.29 is 14.3 Å². The Morgan fingerprint density at radius 3 is 2.38 bits per heavy atom. The maximum Gasteiger partial charge on any atom is 0.337 e. The predicted octanol–water partition coefficient (Wildman–Crippen LogP) is 3.02. The summed E-state index contributed by atoms with van der Waals surface area (Å²) in [7, 11) is 1.34. The Hall–Kier alpha value is -2.96. The van der Waals surface area contributed by atoms with Crippen LogP contribution in [0.1, 0.15) is 46.5 Å². The third-order valence-electron chi connectivity index (χ3n) is 4.33. The summed E-state index contributed by atoms with van der Waals surface area (Å²) in [4.78, 5) is 34.5. The molecule has 7 heteroatoms. The molecule has 0 unspecified atom stereocenters. The first-order valence-corrected chi connectivity index (χ1v) is 8.75. The lowest BCUT2D eigenvalue weighted by atomic mass is 10.2. The second kappa shape index (κ2) is 8.42. The van der Waals surface area contributed by atoms with Gasteiger partial charge in [0.25, 0.3) is 5.91 Å². The summed E-state index contributed by atoms with van der Waals surface area (Å²) < 4.78 is 4.68. The van der Waals surface area contributed by atoms with Gasteiger partial charge in [-0.3, -0.25) is 4.79 Å². The van der Waals surface area contributed by atoms with E-state index >= 15 is 0 Å². The molecule has 7 nitrogen and oxygen atoms in total. The van der Waals surface area contributed by atoms with Crippen molar-refractivity contribution in [2.75, 3.05) is 25.5 Å². The average Bonchev–Trinajstić information content (AvgIpc) is 2.97. The summed E-state index contributed by atoms with van der Waals surface area (Å²) in [6, 6.07) is 8.41. The molecule has 2 aromatic rings. The van der Waals surface area contributed by atoms with E-state index in [1.807, 2.05) is 4.90 Å². The number of esters is 1. The molecular weight excluding hydrogens is 332 g/mol. The zero-order valence-corrected chi connectivity index (χ0v) is 14.8. The molecule has 1 N–H and O–H groups in total. The van der Waals surface area contributed by atoms with Gasteiger partial charge in [-0.2, -0.15) is 0 Å². The lowest BCUT2D eigenvalue weighted by molar-refractivity contribution is 0.0600. The van der Waals surface area contributed by atoms with Crippen molar-refractivity contribution in [2.45, 2.75) is 25.7 Å². The van der Waals surface area contributed by atoms with E-state index in [0.29, 0.717) is 17.2 Å². The number of benzene rings is 1. The first-order valence-electron chi connectivity index (χ1n) is 8.75. The van der Waals surface area contributed by atoms with Crippen molar-refractivity contribution in [1.29, 1.82) is 0 Å². The number of rotatable bonds is 4. The fraction of sp³-hybridized carbons (Fsp3) is 0.368. The number of likely N-dealkylation sites (tertiary alicyclic amines) is 1. The Morgan fingerprint density at radius 2 is 1.73 bits per heavy atom. The van der Waals surface area contributed by atoms with E-state index in [1.165, 1.54) is 20.0 Å². The first-order chi connectivity index (χ1) is 12.7. The van der Waals surface area contributed by atoms with Crippen LogP contribution in [-0.4, -0.2) is 46.9 Å². The highest BCUT2D eigenvalue weighted by atomic mass is 16.5. The number of anilines is 2. The average molecular weight is 354 g/mol. The number of carbonyl (C=O) groups is 2. The number of methoxy groups -OCH3 is 1. The van der Waals surface area contributed by atoms with Crippen molar-refractivity contribution in [1.82, 2.24) is 14.9 Å². The van der Waals surface area contributed by atoms with Gasteiger partial charge in [-0.25, -0.2) is 14.8 Å². The molecule has 2 heterocycles. The molecular formula is C19H22N4O3. The van der Waals surface area contributed by atoms with Crippen LogP contribution in [0.4, 0.5) is 11.6 Å². The molecule has 136 valence electrons. The Kier molecular flexibility index (Phi) is 5.78. The summed E-state index contributed by atoms with van der Waals surface area (Å²) in [6.45, 7) is 1.56. The predicted molar refractivity (Wildman–Crippen MR) is 97.5 cm³/mol. The second-order valence-electron chi connectivity index (χ2n) is 6.17. The molecule has 1 aliphatic heterocycles. The highest BCUT2D eigenvalue weighted by Crippen LogP contribution is 2.16. The minimum Gasteiger partial charge on any atom is -0.465 e. The number of carbonyl (C=O) groups excluding carboxylic acids is 2. The molecule has 1 saturated heterocycles. The number of nitrogens with zero attached hydrogens (tertiary/aromatic N) is 3. The topological polar surface area (TPSA) is 84.4 Å². The molecule has 0 aliphatic carbocycles. The van der Waals surface area contributed by atoms with Gasteiger partial charge in [0.1, 0.15) is 5.69 Å². The number of amides is 1. The summed E-state index contributed by atoms with van der Waals surface area (Å²) >= 11 is 0. The van der Waals surface area contributed by atoms with Gasteiger partial charge >= 0.3 is 5.97 Å². The minimum atomic E-state index is -0.391. The highest BCUT2D eigenvalue weighted by Gasteiger charge is 2.19. The minimum absolute atomic E-state index is 0.0570. The molecule has 26 heavy (non-hydrogen) atoms. The lowest BCUT2D eigenvalue weighted by Crippen LogP contribution is -2.32. The van der Waals surface area contributed by atoms with Crippen molar-refractivity contribution >= 4 is 23.5 Å². The molecule has 1 fully saturated rings. The van der Waals surface area contributed by atoms with E-state index in [4.69, 9.17) is 0 Å². The Bertz CT molecular complexity index is 769. The maximum absolute atomic E-state index is 12.7. The Labute approximate surface area is 152 Å². The highest BCUT2D eigenvalue weighted by molar-refractivity contribution is 5.92. The first kappa shape index (κ1) is 17.8. The summed E-state index contributed by atoms with van der Waals surface area (Å²) in [5, 5.41) is 3.05. The standard InChI is InChI=1S/C19H22N4O3/c1-26-18(25)14-6-8-15(9-7-14)21-19-20-11-10-16(22-19)17(24)23-12-4-2-3-5-13-23/h6-11H,2-5,12-13H2,1H3,(H,20,21,22). The van der Waals surface area contributed by atoms with E-state index in [9.17, 15) is 9.59 Å². The van der Waals surface area contributed by atoms with Gasteiger partial charge in [-0.1, -0.05) is 12.8 Å². The largest absolute Gasteiger partial charge is 0.465 e. The Balaban J connectivity index is 1.70. The zero-order chi connectivity index (χ0) is 18.4. The molecule has 1 aliphatic rings. The van der Waals surface area contributed by atoms with Gasteiger partial charge in [0.2, 0.25) is 5.95 Å². The quantitative estimate of drug-likeness (QED) is 0.850. The van der Waals surface area contributed by atoms with Crippen molar-refractivity contribution in [3.63, 3.8) is 0 Å². The third-order valence-corrected chi connectivity index (χ3v) is 4.33. The summed E-state index contributed by atoms with van der Waals surface area (Å²) in [6.07, 6.45) is 5.98. The van der Waals surface area contributed by atoms with Crippen molar-refractivity contribution in [3.05, 3.63) is 47.8 Å². The molecule has 3 rings (SSSR count). The van der Waals surface area contributed by atoms with E-state index in [2.05, 4.69) is 20.0 Å². The van der Waals surface area contributed by atoms with Gasteiger partial charge in [-0.05, 0) is 43.2 Å². The number of ether oxygens (including phenoxy) is 1. The van der Waals surface area contributed by atoms with Crippen LogP contribution in [0.3, 0.4) is 0 Å². The fourth-order valence-corrected chi connectivity index (χ4v) is 2.91. The monoisotopic (exact) mass is 354 g/mol. The van der Waals surface area contributed by atoms with Crippen LogP contribution in [-0.2, 0) is 4.74 Å². The molecule has 1 amide bonds. The molecule has 0 radical (unpaired) electrons. The van der Waals surface area contributed by atoms with Gasteiger partial charge < -0.3 is 15.0 Å². The van der Waals surface area contributed by atoms with Gasteiger partial charge in [0, 0.05) is 25.0 Å². The number of hydrogen-bond acceptors (Lipinski definition) is 6. The molecule has 1 aromatic carbocycles. The molecule has 1 aromatic heterocycles. The maximum atomic E-state index is 12.7. The molecule has 0 spiro atoms. The lowest BCUT2D eigenvalue weighted by Gasteiger charge is -2.19. The number of nitrogens with one attached hydrogen (secondary N) is 1. The van der Waals surface area contributed by atoms with Crippen LogP contribution in [0.2, 0.25) is 0 Å². The fourth-order valence-electron chi connectivity index (χ4n) is 2.91. The van der Waals surface area contributed by atoms with E-state index in [1.54, 1.807) is 36.5 Å². The summed E-state index contributed by atoms with van der Waals surface area (Å²) in [5.41, 5.74) is 1.57. The van der Waals surface area contributed by atoms with Gasteiger partial charge in [0.05, 0.1) is 12.7 Å². The van der Waals surface area contributed by atoms with E-state index < -0.39 is 5.97 Å². The van der Waals surface area contributed by atoms with Crippen LogP contribution >= 0.6 is 0 Å². The third kappa shape index (κ3) is 4.36. The van der Waals surface area contributed by atoms with Crippen molar-refractivity contribution in [3.8, 4) is 0 Å². The van der Waals surface area contributed by atoms with Crippen LogP contribution in [0, 0.1) is 0 Å². The SMILES string of the molecule is COC(=O)c1ccc(Nc2nccc(C(=O)N3CCCCCC3)n2)cc1. The van der Waals surface area contributed by atoms with Crippen LogP contribution < -0.4 is 5.32 Å². The van der Waals surface area contributed by atoms with Crippen molar-refractivity contribution in [2.24, 2.45) is 0 Å². The summed E-state index contributed by atoms with van der Waals surface area (Å²) in [5.74, 6) is -0.104. The molecule has 0 saturated carbocycles. The second-order valence-corrected chi connectivity index (χ2v) is 6.17. The molecule has 0 bridgehead atoms. The van der Waals surface area contributed by atoms with E-state index in [-0.39, 0.29) is 5.91 Å². The normalized spacial score (nSPS) is 14.4. The van der Waals surface area contributed by atoms with Gasteiger partial charge in [-0.15, -0.1) is 0 Å². The number of hydrogen-bond donors (Lipinski definition) is 1.